The summed E-state index contributed by atoms with van der Waals surface area (Å²) in [4.78, 5) is 16.8. The third-order valence-corrected chi connectivity index (χ3v) is 4.83. The summed E-state index contributed by atoms with van der Waals surface area (Å²) in [5.74, 6) is 0.797. The Hall–Kier alpha value is -1.98. The number of nitrogens with one attached hydrogen (secondary N) is 1. The van der Waals surface area contributed by atoms with Crippen molar-refractivity contribution in [3.05, 3.63) is 52.9 Å². The molecule has 6 heteroatoms. The number of hydrogen-bond donors (Lipinski definition) is 1. The molecular weight excluding hydrogens is 338 g/mol. The fourth-order valence-corrected chi connectivity index (χ4v) is 3.34. The number of nitrogens with zero attached hydrogens (tertiary/aromatic N) is 2. The Balaban J connectivity index is 1.49. The number of piperazine rings is 1. The lowest BCUT2D eigenvalue weighted by atomic mass is 10.1. The second-order valence-electron chi connectivity index (χ2n) is 6.50. The summed E-state index contributed by atoms with van der Waals surface area (Å²) in [7, 11) is 0. The average Bonchev–Trinajstić information content (AvgIpc) is 3.12. The standard InChI is InChI=1S/C19H24ClN3O2/c1-14-5-6-16(20)12-17(14)23-9-7-22(8-10-23)13-19(24)21-15(2)18-4-3-11-25-18/h3-6,11-12,15H,7-10,13H2,1-2H3,(H,21,24)/t15-/m1/s1. The Morgan fingerprint density at radius 3 is 2.72 bits per heavy atom. The van der Waals surface area contributed by atoms with E-state index in [2.05, 4.69) is 22.0 Å². The van der Waals surface area contributed by atoms with Crippen molar-refractivity contribution >= 4 is 23.2 Å². The second-order valence-corrected chi connectivity index (χ2v) is 6.94. The minimum Gasteiger partial charge on any atom is -0.467 e. The number of carbonyl (C=O) groups is 1. The van der Waals surface area contributed by atoms with Gasteiger partial charge in [0.25, 0.3) is 0 Å². The first-order valence-corrected chi connectivity index (χ1v) is 8.97. The van der Waals surface area contributed by atoms with Crippen LogP contribution in [-0.2, 0) is 4.79 Å². The van der Waals surface area contributed by atoms with Crippen LogP contribution in [0.15, 0.2) is 41.0 Å². The molecule has 0 aliphatic carbocycles. The van der Waals surface area contributed by atoms with E-state index in [0.29, 0.717) is 6.54 Å². The fraction of sp³-hybridized carbons (Fsp3) is 0.421. The van der Waals surface area contributed by atoms with Crippen molar-refractivity contribution in [2.75, 3.05) is 37.6 Å². The molecule has 0 saturated carbocycles. The van der Waals surface area contributed by atoms with Crippen LogP contribution in [0.4, 0.5) is 5.69 Å². The lowest BCUT2D eigenvalue weighted by molar-refractivity contribution is -0.123. The molecule has 0 radical (unpaired) electrons. The van der Waals surface area contributed by atoms with Crippen LogP contribution in [0.25, 0.3) is 0 Å². The maximum Gasteiger partial charge on any atom is 0.234 e. The van der Waals surface area contributed by atoms with Crippen molar-refractivity contribution in [3.8, 4) is 0 Å². The molecule has 2 heterocycles. The highest BCUT2D eigenvalue weighted by Crippen LogP contribution is 2.25. The summed E-state index contributed by atoms with van der Waals surface area (Å²) < 4.78 is 5.32. The number of benzene rings is 1. The van der Waals surface area contributed by atoms with Gasteiger partial charge in [0.05, 0.1) is 18.8 Å². The summed E-state index contributed by atoms with van der Waals surface area (Å²) >= 11 is 6.13. The molecule has 1 aliphatic rings. The predicted octanol–water partition coefficient (Wildman–Crippen LogP) is 3.24. The molecule has 134 valence electrons. The van der Waals surface area contributed by atoms with E-state index >= 15 is 0 Å². The molecule has 1 aliphatic heterocycles. The summed E-state index contributed by atoms with van der Waals surface area (Å²) in [6.07, 6.45) is 1.62. The smallest absolute Gasteiger partial charge is 0.234 e. The molecule has 25 heavy (non-hydrogen) atoms. The molecular formula is C19H24ClN3O2. The van der Waals surface area contributed by atoms with Gasteiger partial charge in [-0.05, 0) is 43.7 Å². The Bertz CT molecular complexity index is 709. The molecule has 1 atom stereocenters. The third kappa shape index (κ3) is 4.55. The number of halogens is 1. The average molecular weight is 362 g/mol. The first-order valence-electron chi connectivity index (χ1n) is 8.59. The molecule has 1 N–H and O–H groups in total. The van der Waals surface area contributed by atoms with Crippen molar-refractivity contribution in [1.82, 2.24) is 10.2 Å². The Morgan fingerprint density at radius 2 is 2.04 bits per heavy atom. The Labute approximate surface area is 153 Å². The van der Waals surface area contributed by atoms with Crippen LogP contribution in [0.3, 0.4) is 0 Å². The van der Waals surface area contributed by atoms with Gasteiger partial charge in [0.15, 0.2) is 0 Å². The van der Waals surface area contributed by atoms with Crippen LogP contribution >= 0.6 is 11.6 Å². The maximum atomic E-state index is 12.2. The quantitative estimate of drug-likeness (QED) is 0.888. The van der Waals surface area contributed by atoms with E-state index in [9.17, 15) is 4.79 Å². The second kappa shape index (κ2) is 7.93. The molecule has 1 aromatic carbocycles. The van der Waals surface area contributed by atoms with Gasteiger partial charge in [-0.15, -0.1) is 0 Å². The zero-order chi connectivity index (χ0) is 17.8. The minimum absolute atomic E-state index is 0.0243. The van der Waals surface area contributed by atoms with Crippen LogP contribution in [0, 0.1) is 6.92 Å². The van der Waals surface area contributed by atoms with E-state index in [0.717, 1.165) is 37.0 Å². The van der Waals surface area contributed by atoms with Crippen molar-refractivity contribution in [2.45, 2.75) is 19.9 Å². The highest BCUT2D eigenvalue weighted by molar-refractivity contribution is 6.30. The summed E-state index contributed by atoms with van der Waals surface area (Å²) in [5, 5.41) is 3.74. The van der Waals surface area contributed by atoms with E-state index in [-0.39, 0.29) is 11.9 Å². The molecule has 0 spiro atoms. The number of anilines is 1. The summed E-state index contributed by atoms with van der Waals surface area (Å²) in [6, 6.07) is 9.57. The molecule has 5 nitrogen and oxygen atoms in total. The predicted molar refractivity (Wildman–Crippen MR) is 100 cm³/mol. The van der Waals surface area contributed by atoms with Gasteiger partial charge in [-0.1, -0.05) is 17.7 Å². The number of hydrogen-bond acceptors (Lipinski definition) is 4. The highest BCUT2D eigenvalue weighted by atomic mass is 35.5. The SMILES string of the molecule is Cc1ccc(Cl)cc1N1CCN(CC(=O)N[C@H](C)c2ccco2)CC1. The molecule has 1 saturated heterocycles. The number of amides is 1. The highest BCUT2D eigenvalue weighted by Gasteiger charge is 2.21. The van der Waals surface area contributed by atoms with Gasteiger partial charge >= 0.3 is 0 Å². The van der Waals surface area contributed by atoms with E-state index in [1.807, 2.05) is 37.3 Å². The largest absolute Gasteiger partial charge is 0.467 e. The van der Waals surface area contributed by atoms with Crippen molar-refractivity contribution in [1.29, 1.82) is 0 Å². The van der Waals surface area contributed by atoms with E-state index in [1.165, 1.54) is 11.3 Å². The third-order valence-electron chi connectivity index (χ3n) is 4.60. The van der Waals surface area contributed by atoms with Crippen molar-refractivity contribution in [3.63, 3.8) is 0 Å². The lowest BCUT2D eigenvalue weighted by Gasteiger charge is -2.36. The topological polar surface area (TPSA) is 48.7 Å². The van der Waals surface area contributed by atoms with Gasteiger partial charge in [0.2, 0.25) is 5.91 Å². The van der Waals surface area contributed by atoms with Crippen LogP contribution in [-0.4, -0.2) is 43.5 Å². The Kier molecular flexibility index (Phi) is 5.66. The zero-order valence-corrected chi connectivity index (χ0v) is 15.4. The van der Waals surface area contributed by atoms with Crippen LogP contribution in [0.5, 0.6) is 0 Å². The monoisotopic (exact) mass is 361 g/mol. The molecule has 1 fully saturated rings. The number of aryl methyl sites for hydroxylation is 1. The van der Waals surface area contributed by atoms with Gasteiger partial charge in [-0.3, -0.25) is 9.69 Å². The summed E-state index contributed by atoms with van der Waals surface area (Å²) in [5.41, 5.74) is 2.41. The lowest BCUT2D eigenvalue weighted by Crippen LogP contribution is -2.49. The maximum absolute atomic E-state index is 12.2. The summed E-state index contributed by atoms with van der Waals surface area (Å²) in [6.45, 7) is 7.93. The molecule has 2 aromatic rings. The van der Waals surface area contributed by atoms with Crippen molar-refractivity contribution < 1.29 is 9.21 Å². The van der Waals surface area contributed by atoms with Crippen LogP contribution in [0.1, 0.15) is 24.3 Å². The minimum atomic E-state index is -0.113. The van der Waals surface area contributed by atoms with E-state index in [4.69, 9.17) is 16.0 Å². The van der Waals surface area contributed by atoms with Crippen LogP contribution < -0.4 is 10.2 Å². The van der Waals surface area contributed by atoms with Gasteiger partial charge in [0, 0.05) is 36.9 Å². The van der Waals surface area contributed by atoms with Gasteiger partial charge in [-0.25, -0.2) is 0 Å². The zero-order valence-electron chi connectivity index (χ0n) is 14.7. The van der Waals surface area contributed by atoms with Gasteiger partial charge in [-0.2, -0.15) is 0 Å². The number of rotatable bonds is 5. The molecule has 3 rings (SSSR count). The van der Waals surface area contributed by atoms with Gasteiger partial charge < -0.3 is 14.6 Å². The number of carbonyl (C=O) groups excluding carboxylic acids is 1. The first kappa shape index (κ1) is 17.8. The Morgan fingerprint density at radius 1 is 1.28 bits per heavy atom. The molecule has 0 unspecified atom stereocenters. The van der Waals surface area contributed by atoms with Crippen molar-refractivity contribution in [2.24, 2.45) is 0 Å². The van der Waals surface area contributed by atoms with E-state index < -0.39 is 0 Å². The van der Waals surface area contributed by atoms with Gasteiger partial charge in [0.1, 0.15) is 5.76 Å². The molecule has 1 aromatic heterocycles. The molecule has 1 amide bonds. The van der Waals surface area contributed by atoms with Crippen LogP contribution in [0.2, 0.25) is 5.02 Å². The first-order chi connectivity index (χ1) is 12.0. The fourth-order valence-electron chi connectivity index (χ4n) is 3.17. The normalized spacial score (nSPS) is 16.7. The van der Waals surface area contributed by atoms with E-state index in [1.54, 1.807) is 6.26 Å². The number of furan rings is 1. The molecule has 0 bridgehead atoms.